The lowest BCUT2D eigenvalue weighted by atomic mass is 9.78. The molecule has 4 heteroatoms. The summed E-state index contributed by atoms with van der Waals surface area (Å²) in [5, 5.41) is 4.59. The molecule has 1 atom stereocenters. The molecule has 2 rings (SSSR count). The second-order valence-electron chi connectivity index (χ2n) is 4.73. The minimum absolute atomic E-state index is 0.626. The molecule has 1 unspecified atom stereocenters. The van der Waals surface area contributed by atoms with Gasteiger partial charge in [0.05, 0.1) is 0 Å². The van der Waals surface area contributed by atoms with Crippen molar-refractivity contribution in [2.24, 2.45) is 5.92 Å². The molecule has 16 heavy (non-hydrogen) atoms. The number of hydrogen-bond acceptors (Lipinski definition) is 4. The van der Waals surface area contributed by atoms with Gasteiger partial charge in [-0.3, -0.25) is 0 Å². The number of rotatable bonds is 6. The Labute approximate surface area is 102 Å². The molecule has 0 aliphatic heterocycles. The van der Waals surface area contributed by atoms with E-state index in [0.717, 1.165) is 16.9 Å². The van der Waals surface area contributed by atoms with Crippen LogP contribution < -0.4 is 5.32 Å². The molecule has 0 amide bonds. The first kappa shape index (κ1) is 11.8. The summed E-state index contributed by atoms with van der Waals surface area (Å²) < 4.78 is 4.22. The molecule has 1 aliphatic carbocycles. The SMILES string of the molecule is CCCCC(Nc1nc(C)ns1)C1CCC1. The van der Waals surface area contributed by atoms with Crippen LogP contribution in [-0.2, 0) is 0 Å². The van der Waals surface area contributed by atoms with E-state index in [-0.39, 0.29) is 0 Å². The van der Waals surface area contributed by atoms with Crippen LogP contribution in [0.5, 0.6) is 0 Å². The molecule has 3 nitrogen and oxygen atoms in total. The van der Waals surface area contributed by atoms with Crippen molar-refractivity contribution < 1.29 is 0 Å². The second kappa shape index (κ2) is 5.62. The van der Waals surface area contributed by atoms with E-state index in [1.165, 1.54) is 50.1 Å². The van der Waals surface area contributed by atoms with Crippen LogP contribution in [0.25, 0.3) is 0 Å². The predicted molar refractivity (Wildman–Crippen MR) is 68.9 cm³/mol. The van der Waals surface area contributed by atoms with Crippen molar-refractivity contribution in [3.63, 3.8) is 0 Å². The molecule has 1 aliphatic rings. The van der Waals surface area contributed by atoms with Crippen molar-refractivity contribution in [3.8, 4) is 0 Å². The smallest absolute Gasteiger partial charge is 0.202 e. The average molecular weight is 239 g/mol. The van der Waals surface area contributed by atoms with Gasteiger partial charge in [0.15, 0.2) is 0 Å². The number of unbranched alkanes of at least 4 members (excludes halogenated alkanes) is 1. The van der Waals surface area contributed by atoms with Gasteiger partial charge in [-0.2, -0.15) is 4.37 Å². The van der Waals surface area contributed by atoms with Crippen molar-refractivity contribution in [1.82, 2.24) is 9.36 Å². The zero-order valence-corrected chi connectivity index (χ0v) is 11.0. The third-order valence-electron chi connectivity index (χ3n) is 3.42. The molecule has 0 aromatic carbocycles. The number of nitrogens with one attached hydrogen (secondary N) is 1. The van der Waals surface area contributed by atoms with E-state index >= 15 is 0 Å². The highest BCUT2D eigenvalue weighted by Crippen LogP contribution is 2.33. The summed E-state index contributed by atoms with van der Waals surface area (Å²) in [4.78, 5) is 4.40. The molecule has 1 heterocycles. The number of aryl methyl sites for hydroxylation is 1. The van der Waals surface area contributed by atoms with Gasteiger partial charge in [0.2, 0.25) is 5.13 Å². The van der Waals surface area contributed by atoms with Crippen LogP contribution in [0.1, 0.15) is 51.3 Å². The minimum atomic E-state index is 0.626. The van der Waals surface area contributed by atoms with E-state index in [0.29, 0.717) is 6.04 Å². The van der Waals surface area contributed by atoms with Crippen LogP contribution in [0, 0.1) is 12.8 Å². The Morgan fingerprint density at radius 3 is 2.81 bits per heavy atom. The maximum Gasteiger partial charge on any atom is 0.202 e. The summed E-state index contributed by atoms with van der Waals surface area (Å²) in [7, 11) is 0. The first-order valence-corrected chi connectivity index (χ1v) is 7.13. The highest BCUT2D eigenvalue weighted by molar-refractivity contribution is 7.09. The van der Waals surface area contributed by atoms with Crippen LogP contribution >= 0.6 is 11.5 Å². The number of hydrogen-bond donors (Lipinski definition) is 1. The van der Waals surface area contributed by atoms with Crippen LogP contribution in [0.4, 0.5) is 5.13 Å². The zero-order valence-electron chi connectivity index (χ0n) is 10.2. The summed E-state index contributed by atoms with van der Waals surface area (Å²) in [6.45, 7) is 4.21. The Balaban J connectivity index is 1.90. The fourth-order valence-corrected chi connectivity index (χ4v) is 2.84. The number of nitrogens with zero attached hydrogens (tertiary/aromatic N) is 2. The molecule has 0 saturated heterocycles. The van der Waals surface area contributed by atoms with E-state index in [9.17, 15) is 0 Å². The Kier molecular flexibility index (Phi) is 4.16. The normalized spacial score (nSPS) is 18.1. The van der Waals surface area contributed by atoms with Crippen molar-refractivity contribution in [1.29, 1.82) is 0 Å². The molecule has 0 bridgehead atoms. The Hall–Kier alpha value is -0.640. The number of anilines is 1. The van der Waals surface area contributed by atoms with Crippen molar-refractivity contribution in [2.45, 2.75) is 58.4 Å². The molecule has 1 aromatic rings. The number of aromatic nitrogens is 2. The lowest BCUT2D eigenvalue weighted by molar-refractivity contribution is 0.263. The van der Waals surface area contributed by atoms with Gasteiger partial charge in [0, 0.05) is 17.6 Å². The van der Waals surface area contributed by atoms with Crippen LogP contribution in [0.3, 0.4) is 0 Å². The molecule has 1 N–H and O–H groups in total. The molecular weight excluding hydrogens is 218 g/mol. The fourth-order valence-electron chi connectivity index (χ4n) is 2.21. The zero-order chi connectivity index (χ0) is 11.4. The van der Waals surface area contributed by atoms with Gasteiger partial charge < -0.3 is 5.32 Å². The first-order valence-electron chi connectivity index (χ1n) is 6.36. The predicted octanol–water partition coefficient (Wildman–Crippen LogP) is 3.62. The highest BCUT2D eigenvalue weighted by Gasteiger charge is 2.27. The van der Waals surface area contributed by atoms with Crippen LogP contribution in [0.15, 0.2) is 0 Å². The van der Waals surface area contributed by atoms with Gasteiger partial charge in [-0.05, 0) is 32.1 Å². The molecule has 90 valence electrons. The quantitative estimate of drug-likeness (QED) is 0.824. The maximum atomic E-state index is 4.40. The van der Waals surface area contributed by atoms with E-state index < -0.39 is 0 Å². The minimum Gasteiger partial charge on any atom is -0.357 e. The fraction of sp³-hybridized carbons (Fsp3) is 0.833. The van der Waals surface area contributed by atoms with E-state index in [2.05, 4.69) is 21.6 Å². The van der Waals surface area contributed by atoms with Crippen molar-refractivity contribution in [2.75, 3.05) is 5.32 Å². The first-order chi connectivity index (χ1) is 7.79. The standard InChI is InChI=1S/C12H21N3S/c1-3-4-8-11(10-6-5-7-10)14-12-13-9(2)15-16-12/h10-11H,3-8H2,1-2H3,(H,13,14,15). The van der Waals surface area contributed by atoms with Crippen LogP contribution in [0.2, 0.25) is 0 Å². The lowest BCUT2D eigenvalue weighted by Gasteiger charge is -2.34. The molecular formula is C12H21N3S. The van der Waals surface area contributed by atoms with Gasteiger partial charge in [-0.15, -0.1) is 0 Å². The van der Waals surface area contributed by atoms with E-state index in [1.54, 1.807) is 0 Å². The molecule has 1 aromatic heterocycles. The molecule has 0 radical (unpaired) electrons. The van der Waals surface area contributed by atoms with E-state index in [4.69, 9.17) is 0 Å². The molecule has 0 spiro atoms. The largest absolute Gasteiger partial charge is 0.357 e. The van der Waals surface area contributed by atoms with Gasteiger partial charge in [0.1, 0.15) is 5.82 Å². The Morgan fingerprint density at radius 1 is 1.50 bits per heavy atom. The van der Waals surface area contributed by atoms with Gasteiger partial charge in [-0.25, -0.2) is 4.98 Å². The third-order valence-corrected chi connectivity index (χ3v) is 4.16. The average Bonchev–Trinajstić information content (AvgIpc) is 2.58. The van der Waals surface area contributed by atoms with Gasteiger partial charge in [0.25, 0.3) is 0 Å². The monoisotopic (exact) mass is 239 g/mol. The Bertz CT molecular complexity index is 320. The Morgan fingerprint density at radius 2 is 2.31 bits per heavy atom. The highest BCUT2D eigenvalue weighted by atomic mass is 32.1. The maximum absolute atomic E-state index is 4.40. The van der Waals surface area contributed by atoms with Crippen LogP contribution in [-0.4, -0.2) is 15.4 Å². The lowest BCUT2D eigenvalue weighted by Crippen LogP contribution is -2.33. The summed E-state index contributed by atoms with van der Waals surface area (Å²) in [6, 6.07) is 0.626. The van der Waals surface area contributed by atoms with Gasteiger partial charge >= 0.3 is 0 Å². The summed E-state index contributed by atoms with van der Waals surface area (Å²) in [5.41, 5.74) is 0. The summed E-state index contributed by atoms with van der Waals surface area (Å²) in [6.07, 6.45) is 8.05. The van der Waals surface area contributed by atoms with Gasteiger partial charge in [-0.1, -0.05) is 26.2 Å². The van der Waals surface area contributed by atoms with Crippen molar-refractivity contribution >= 4 is 16.7 Å². The molecule has 1 fully saturated rings. The third kappa shape index (κ3) is 2.94. The van der Waals surface area contributed by atoms with E-state index in [1.807, 2.05) is 6.92 Å². The summed E-state index contributed by atoms with van der Waals surface area (Å²) in [5.74, 6) is 1.76. The topological polar surface area (TPSA) is 37.8 Å². The molecule has 1 saturated carbocycles. The second-order valence-corrected chi connectivity index (χ2v) is 5.48. The van der Waals surface area contributed by atoms with Crippen molar-refractivity contribution in [3.05, 3.63) is 5.82 Å². The summed E-state index contributed by atoms with van der Waals surface area (Å²) >= 11 is 1.49.